The van der Waals surface area contributed by atoms with Crippen LogP contribution in [-0.2, 0) is 16.6 Å². The number of hydrogen-bond acceptors (Lipinski definition) is 6. The number of sulfonamides is 1. The number of aromatic nitrogens is 1. The minimum absolute atomic E-state index is 0.570. The van der Waals surface area contributed by atoms with Crippen molar-refractivity contribution in [1.29, 1.82) is 0 Å². The molecule has 1 fully saturated rings. The average molecular weight is 343 g/mol. The van der Waals surface area contributed by atoms with Gasteiger partial charge in [0.25, 0.3) is 0 Å². The van der Waals surface area contributed by atoms with Gasteiger partial charge in [-0.25, -0.2) is 13.4 Å². The maximum atomic E-state index is 11.5. The predicted octanol–water partition coefficient (Wildman–Crippen LogP) is 1.95. The van der Waals surface area contributed by atoms with Gasteiger partial charge in [0.2, 0.25) is 10.0 Å². The predicted molar refractivity (Wildman–Crippen MR) is 87.1 cm³/mol. The summed E-state index contributed by atoms with van der Waals surface area (Å²) in [5, 5.41) is 5.22. The Labute approximate surface area is 132 Å². The van der Waals surface area contributed by atoms with Crippen molar-refractivity contribution in [1.82, 2.24) is 14.2 Å². The van der Waals surface area contributed by atoms with E-state index in [9.17, 15) is 8.42 Å². The van der Waals surface area contributed by atoms with E-state index in [1.807, 2.05) is 6.07 Å². The Balaban J connectivity index is 1.59. The van der Waals surface area contributed by atoms with Gasteiger partial charge in [0.1, 0.15) is 5.01 Å². The molecule has 1 aliphatic heterocycles. The van der Waals surface area contributed by atoms with Crippen molar-refractivity contribution < 1.29 is 8.42 Å². The molecule has 1 saturated heterocycles. The molecule has 0 radical (unpaired) electrons. The Hall–Kier alpha value is -0.800. The number of piperazine rings is 1. The van der Waals surface area contributed by atoms with Gasteiger partial charge in [-0.3, -0.25) is 4.90 Å². The van der Waals surface area contributed by atoms with E-state index in [1.165, 1.54) is 11.1 Å². The van der Waals surface area contributed by atoms with E-state index < -0.39 is 10.0 Å². The third-order valence-electron chi connectivity index (χ3n) is 3.47. The Morgan fingerprint density at radius 2 is 2.00 bits per heavy atom. The summed E-state index contributed by atoms with van der Waals surface area (Å²) < 4.78 is 24.5. The summed E-state index contributed by atoms with van der Waals surface area (Å²) in [5.74, 6) is 0. The summed E-state index contributed by atoms with van der Waals surface area (Å²) in [7, 11) is -3.05. The average Bonchev–Trinajstić information content (AvgIpc) is 3.08. The highest BCUT2D eigenvalue weighted by Crippen LogP contribution is 2.28. The molecule has 8 heteroatoms. The normalized spacial score (nSPS) is 18.1. The molecule has 0 atom stereocenters. The van der Waals surface area contributed by atoms with Crippen molar-refractivity contribution in [3.05, 3.63) is 28.6 Å². The van der Waals surface area contributed by atoms with Crippen LogP contribution in [0.3, 0.4) is 0 Å². The molecule has 5 nitrogen and oxygen atoms in total. The van der Waals surface area contributed by atoms with Gasteiger partial charge in [-0.2, -0.15) is 4.31 Å². The summed E-state index contributed by atoms with van der Waals surface area (Å²) in [6, 6.07) is 4.11. The van der Waals surface area contributed by atoms with Gasteiger partial charge < -0.3 is 0 Å². The van der Waals surface area contributed by atoms with Crippen molar-refractivity contribution >= 4 is 32.7 Å². The molecule has 0 bridgehead atoms. The standard InChI is InChI=1S/C13H17N3O2S3/c1-21(17,18)16-6-4-15(5-7-16)9-11-10-20-13(14-11)12-3-2-8-19-12/h2-3,8,10H,4-7,9H2,1H3. The molecule has 114 valence electrons. The molecule has 2 aromatic heterocycles. The molecule has 0 saturated carbocycles. The van der Waals surface area contributed by atoms with Crippen molar-refractivity contribution in [3.63, 3.8) is 0 Å². The van der Waals surface area contributed by atoms with E-state index in [-0.39, 0.29) is 0 Å². The Kier molecular flexibility index (Phi) is 4.41. The van der Waals surface area contributed by atoms with Crippen LogP contribution >= 0.6 is 22.7 Å². The van der Waals surface area contributed by atoms with Crippen LogP contribution < -0.4 is 0 Å². The lowest BCUT2D eigenvalue weighted by Crippen LogP contribution is -2.47. The Morgan fingerprint density at radius 3 is 2.62 bits per heavy atom. The molecule has 0 N–H and O–H groups in total. The first kappa shape index (κ1) is 15.1. The Bertz CT molecular complexity index is 686. The fourth-order valence-electron chi connectivity index (χ4n) is 2.34. The van der Waals surface area contributed by atoms with Gasteiger partial charge in [-0.1, -0.05) is 6.07 Å². The van der Waals surface area contributed by atoms with Crippen molar-refractivity contribution in [3.8, 4) is 9.88 Å². The quantitative estimate of drug-likeness (QED) is 0.851. The fraction of sp³-hybridized carbons (Fsp3) is 0.462. The highest BCUT2D eigenvalue weighted by molar-refractivity contribution is 7.88. The van der Waals surface area contributed by atoms with Crippen LogP contribution in [-0.4, -0.2) is 55.0 Å². The molecule has 1 aliphatic rings. The van der Waals surface area contributed by atoms with Crippen LogP contribution in [0.25, 0.3) is 9.88 Å². The lowest BCUT2D eigenvalue weighted by Gasteiger charge is -2.32. The molecule has 2 aromatic rings. The smallest absolute Gasteiger partial charge is 0.211 e. The van der Waals surface area contributed by atoms with Gasteiger partial charge in [-0.15, -0.1) is 22.7 Å². The van der Waals surface area contributed by atoms with E-state index in [0.29, 0.717) is 13.1 Å². The van der Waals surface area contributed by atoms with Gasteiger partial charge in [0.15, 0.2) is 0 Å². The highest BCUT2D eigenvalue weighted by atomic mass is 32.2. The molecule has 0 unspecified atom stereocenters. The Morgan fingerprint density at radius 1 is 1.24 bits per heavy atom. The largest absolute Gasteiger partial charge is 0.295 e. The lowest BCUT2D eigenvalue weighted by molar-refractivity contribution is 0.181. The van der Waals surface area contributed by atoms with Crippen LogP contribution in [0.15, 0.2) is 22.9 Å². The summed E-state index contributed by atoms with van der Waals surface area (Å²) in [6.07, 6.45) is 1.27. The SMILES string of the molecule is CS(=O)(=O)N1CCN(Cc2csc(-c3cccs3)n2)CC1. The van der Waals surface area contributed by atoms with Crippen molar-refractivity contribution in [2.45, 2.75) is 6.54 Å². The molecule has 0 aliphatic carbocycles. The summed E-state index contributed by atoms with van der Waals surface area (Å²) in [4.78, 5) is 8.13. The van der Waals surface area contributed by atoms with Crippen molar-refractivity contribution in [2.75, 3.05) is 32.4 Å². The van der Waals surface area contributed by atoms with Gasteiger partial charge in [-0.05, 0) is 11.4 Å². The first-order valence-electron chi connectivity index (χ1n) is 6.68. The van der Waals surface area contributed by atoms with Gasteiger partial charge in [0, 0.05) is 38.1 Å². The first-order valence-corrected chi connectivity index (χ1v) is 10.3. The molecule has 0 amide bonds. The second-order valence-electron chi connectivity index (χ2n) is 5.06. The van der Waals surface area contributed by atoms with E-state index in [0.717, 1.165) is 30.3 Å². The number of hydrogen-bond donors (Lipinski definition) is 0. The van der Waals surface area contributed by atoms with E-state index in [4.69, 9.17) is 0 Å². The molecular formula is C13H17N3O2S3. The van der Waals surface area contributed by atoms with E-state index in [2.05, 4.69) is 26.7 Å². The monoisotopic (exact) mass is 343 g/mol. The summed E-state index contributed by atoms with van der Waals surface area (Å²) >= 11 is 3.37. The second-order valence-corrected chi connectivity index (χ2v) is 8.85. The third kappa shape index (κ3) is 3.70. The zero-order valence-electron chi connectivity index (χ0n) is 11.7. The van der Waals surface area contributed by atoms with Crippen LogP contribution in [0, 0.1) is 0 Å². The summed E-state index contributed by atoms with van der Waals surface area (Å²) in [6.45, 7) is 3.46. The van der Waals surface area contributed by atoms with E-state index in [1.54, 1.807) is 27.0 Å². The van der Waals surface area contributed by atoms with Crippen LogP contribution in [0.5, 0.6) is 0 Å². The van der Waals surface area contributed by atoms with Gasteiger partial charge >= 0.3 is 0 Å². The highest BCUT2D eigenvalue weighted by Gasteiger charge is 2.23. The molecular weight excluding hydrogens is 326 g/mol. The van der Waals surface area contributed by atoms with Crippen LogP contribution in [0.1, 0.15) is 5.69 Å². The molecule has 3 rings (SSSR count). The number of thiazole rings is 1. The van der Waals surface area contributed by atoms with Crippen LogP contribution in [0.2, 0.25) is 0 Å². The zero-order valence-corrected chi connectivity index (χ0v) is 14.2. The fourth-order valence-corrected chi connectivity index (χ4v) is 4.79. The topological polar surface area (TPSA) is 53.5 Å². The second kappa shape index (κ2) is 6.13. The zero-order chi connectivity index (χ0) is 14.9. The molecule has 0 aromatic carbocycles. The molecule has 0 spiro atoms. The first-order chi connectivity index (χ1) is 10.0. The molecule has 21 heavy (non-hydrogen) atoms. The minimum atomic E-state index is -3.05. The number of nitrogens with zero attached hydrogens (tertiary/aromatic N) is 3. The van der Waals surface area contributed by atoms with Gasteiger partial charge in [0.05, 0.1) is 16.8 Å². The third-order valence-corrected chi connectivity index (χ3v) is 6.70. The van der Waals surface area contributed by atoms with Crippen molar-refractivity contribution in [2.24, 2.45) is 0 Å². The molecule has 3 heterocycles. The number of thiophene rings is 1. The minimum Gasteiger partial charge on any atom is -0.295 e. The maximum absolute atomic E-state index is 11.5. The number of rotatable bonds is 4. The lowest BCUT2D eigenvalue weighted by atomic mass is 10.3. The maximum Gasteiger partial charge on any atom is 0.211 e. The van der Waals surface area contributed by atoms with E-state index >= 15 is 0 Å². The summed E-state index contributed by atoms with van der Waals surface area (Å²) in [5.41, 5.74) is 1.07. The van der Waals surface area contributed by atoms with Crippen LogP contribution in [0.4, 0.5) is 0 Å².